The molecule has 1 aliphatic heterocycles. The Morgan fingerprint density at radius 2 is 2.44 bits per heavy atom. The third-order valence-corrected chi connectivity index (χ3v) is 3.93. The molecule has 0 aromatic carbocycles. The quantitative estimate of drug-likeness (QED) is 0.788. The van der Waals surface area contributed by atoms with Crippen molar-refractivity contribution in [2.75, 3.05) is 32.1 Å². The summed E-state index contributed by atoms with van der Waals surface area (Å²) in [5.74, 6) is 1.04. The number of halogens is 1. The van der Waals surface area contributed by atoms with Gasteiger partial charge < -0.3 is 9.80 Å². The van der Waals surface area contributed by atoms with Crippen molar-refractivity contribution in [3.63, 3.8) is 0 Å². The highest BCUT2D eigenvalue weighted by Gasteiger charge is 2.23. The zero-order chi connectivity index (χ0) is 11.5. The summed E-state index contributed by atoms with van der Waals surface area (Å²) in [6.45, 7) is 2.27. The van der Waals surface area contributed by atoms with Gasteiger partial charge in [-0.25, -0.2) is 9.97 Å². The summed E-state index contributed by atoms with van der Waals surface area (Å²) in [5.41, 5.74) is 0. The van der Waals surface area contributed by atoms with E-state index in [1.54, 1.807) is 6.33 Å². The fourth-order valence-corrected chi connectivity index (χ4v) is 2.91. The van der Waals surface area contributed by atoms with Crippen LogP contribution in [0.15, 0.2) is 12.5 Å². The highest BCUT2D eigenvalue weighted by Crippen LogP contribution is 2.20. The Morgan fingerprint density at radius 3 is 3.06 bits per heavy atom. The summed E-state index contributed by atoms with van der Waals surface area (Å²) in [4.78, 5) is 13.0. The maximum Gasteiger partial charge on any atom is 0.145 e. The lowest BCUT2D eigenvalue weighted by atomic mass is 10.2. The molecular weight excluding hydrogens is 315 g/mol. The summed E-state index contributed by atoms with van der Waals surface area (Å²) >= 11 is 2.29. The number of rotatable bonds is 3. The number of likely N-dealkylation sites (tertiary alicyclic amines) is 1. The van der Waals surface area contributed by atoms with Crippen molar-refractivity contribution in [2.45, 2.75) is 18.9 Å². The van der Waals surface area contributed by atoms with E-state index < -0.39 is 0 Å². The van der Waals surface area contributed by atoms with E-state index in [9.17, 15) is 0 Å². The predicted octanol–water partition coefficient (Wildman–Crippen LogP) is 1.61. The molecule has 0 bridgehead atoms. The summed E-state index contributed by atoms with van der Waals surface area (Å²) in [7, 11) is 4.31. The Labute approximate surface area is 110 Å². The second kappa shape index (κ2) is 5.27. The van der Waals surface area contributed by atoms with Crippen molar-refractivity contribution in [3.05, 3.63) is 16.1 Å². The molecule has 1 fully saturated rings. The van der Waals surface area contributed by atoms with E-state index in [1.807, 2.05) is 6.20 Å². The number of hydrogen-bond donors (Lipinski definition) is 0. The largest absolute Gasteiger partial charge is 0.357 e. The number of anilines is 1. The number of hydrogen-bond acceptors (Lipinski definition) is 4. The summed E-state index contributed by atoms with van der Waals surface area (Å²) in [6.07, 6.45) is 6.09. The smallest absolute Gasteiger partial charge is 0.145 e. The normalized spacial score (nSPS) is 21.3. The molecule has 1 aromatic heterocycles. The first-order valence-electron chi connectivity index (χ1n) is 5.55. The van der Waals surface area contributed by atoms with E-state index in [4.69, 9.17) is 0 Å². The van der Waals surface area contributed by atoms with Crippen LogP contribution in [-0.4, -0.2) is 48.1 Å². The highest BCUT2D eigenvalue weighted by atomic mass is 127. The van der Waals surface area contributed by atoms with Gasteiger partial charge in [0.25, 0.3) is 0 Å². The molecule has 88 valence electrons. The second-order valence-corrected chi connectivity index (χ2v) is 5.51. The van der Waals surface area contributed by atoms with Gasteiger partial charge in [0.1, 0.15) is 12.1 Å². The number of nitrogens with zero attached hydrogens (tertiary/aromatic N) is 4. The van der Waals surface area contributed by atoms with E-state index in [1.165, 1.54) is 19.4 Å². The van der Waals surface area contributed by atoms with Crippen molar-refractivity contribution >= 4 is 28.4 Å². The van der Waals surface area contributed by atoms with E-state index in [0.29, 0.717) is 6.04 Å². The first-order chi connectivity index (χ1) is 7.68. The summed E-state index contributed by atoms with van der Waals surface area (Å²) in [5, 5.41) is 0. The van der Waals surface area contributed by atoms with Crippen molar-refractivity contribution < 1.29 is 0 Å². The second-order valence-electron chi connectivity index (χ2n) is 4.35. The molecule has 0 spiro atoms. The minimum atomic E-state index is 0.663. The first-order valence-corrected chi connectivity index (χ1v) is 6.63. The van der Waals surface area contributed by atoms with Crippen molar-refractivity contribution in [1.29, 1.82) is 0 Å². The summed E-state index contributed by atoms with van der Waals surface area (Å²) < 4.78 is 1.11. The Bertz CT molecular complexity index is 358. The third-order valence-electron chi connectivity index (χ3n) is 3.17. The van der Waals surface area contributed by atoms with E-state index in [2.05, 4.69) is 56.5 Å². The molecule has 1 aliphatic rings. The molecule has 0 aliphatic carbocycles. The van der Waals surface area contributed by atoms with Crippen molar-refractivity contribution in [2.24, 2.45) is 0 Å². The van der Waals surface area contributed by atoms with Gasteiger partial charge in [-0.1, -0.05) is 0 Å². The topological polar surface area (TPSA) is 32.3 Å². The Balaban J connectivity index is 2.03. The first kappa shape index (κ1) is 12.0. The Morgan fingerprint density at radius 1 is 1.62 bits per heavy atom. The maximum absolute atomic E-state index is 4.33. The molecule has 2 heterocycles. The average molecular weight is 332 g/mol. The molecule has 2 rings (SSSR count). The maximum atomic E-state index is 4.33. The van der Waals surface area contributed by atoms with Crippen LogP contribution in [0.2, 0.25) is 0 Å². The van der Waals surface area contributed by atoms with Crippen LogP contribution in [0.25, 0.3) is 0 Å². The van der Waals surface area contributed by atoms with Crippen molar-refractivity contribution in [3.8, 4) is 0 Å². The van der Waals surface area contributed by atoms with Gasteiger partial charge >= 0.3 is 0 Å². The molecule has 1 atom stereocenters. The summed E-state index contributed by atoms with van der Waals surface area (Å²) in [6, 6.07) is 0.663. The Kier molecular flexibility index (Phi) is 3.96. The molecule has 0 amide bonds. The third kappa shape index (κ3) is 2.63. The van der Waals surface area contributed by atoms with Crippen LogP contribution in [0.1, 0.15) is 12.8 Å². The molecule has 1 saturated heterocycles. The van der Waals surface area contributed by atoms with E-state index in [-0.39, 0.29) is 0 Å². The van der Waals surface area contributed by atoms with Gasteiger partial charge in [0.05, 0.1) is 3.57 Å². The molecule has 0 radical (unpaired) electrons. The van der Waals surface area contributed by atoms with Gasteiger partial charge in [0, 0.05) is 25.8 Å². The van der Waals surface area contributed by atoms with Gasteiger partial charge in [0.15, 0.2) is 0 Å². The molecule has 1 unspecified atom stereocenters. The van der Waals surface area contributed by atoms with Gasteiger partial charge in [-0.2, -0.15) is 0 Å². The SMILES string of the molecule is CN(CC1CCCN1C)c1ncncc1I. The van der Waals surface area contributed by atoms with Crippen LogP contribution in [0.4, 0.5) is 5.82 Å². The lowest BCUT2D eigenvalue weighted by Crippen LogP contribution is -2.37. The van der Waals surface area contributed by atoms with Gasteiger partial charge in [-0.3, -0.25) is 0 Å². The fraction of sp³-hybridized carbons (Fsp3) is 0.636. The van der Waals surface area contributed by atoms with Gasteiger partial charge in [0.2, 0.25) is 0 Å². The molecule has 5 heteroatoms. The molecule has 1 aromatic rings. The average Bonchev–Trinajstić information content (AvgIpc) is 2.65. The number of likely N-dealkylation sites (N-methyl/N-ethyl adjacent to an activating group) is 2. The molecule has 4 nitrogen and oxygen atoms in total. The monoisotopic (exact) mass is 332 g/mol. The van der Waals surface area contributed by atoms with Crippen molar-refractivity contribution in [1.82, 2.24) is 14.9 Å². The minimum Gasteiger partial charge on any atom is -0.357 e. The molecule has 16 heavy (non-hydrogen) atoms. The van der Waals surface area contributed by atoms with E-state index in [0.717, 1.165) is 15.9 Å². The molecule has 0 N–H and O–H groups in total. The standard InChI is InChI=1S/C11H17IN4/c1-15-5-3-4-9(15)7-16(2)11-10(12)6-13-8-14-11/h6,8-9H,3-5,7H2,1-2H3. The van der Waals surface area contributed by atoms with Crippen LogP contribution in [0, 0.1) is 3.57 Å². The van der Waals surface area contributed by atoms with Crippen LogP contribution in [-0.2, 0) is 0 Å². The highest BCUT2D eigenvalue weighted by molar-refractivity contribution is 14.1. The zero-order valence-corrected chi connectivity index (χ0v) is 11.9. The lowest BCUT2D eigenvalue weighted by Gasteiger charge is -2.26. The predicted molar refractivity (Wildman–Crippen MR) is 73.7 cm³/mol. The fourth-order valence-electron chi connectivity index (χ4n) is 2.20. The van der Waals surface area contributed by atoms with Gasteiger partial charge in [-0.15, -0.1) is 0 Å². The van der Waals surface area contributed by atoms with Crippen LogP contribution in [0.3, 0.4) is 0 Å². The van der Waals surface area contributed by atoms with Crippen LogP contribution in [0.5, 0.6) is 0 Å². The van der Waals surface area contributed by atoms with Gasteiger partial charge in [-0.05, 0) is 49.0 Å². The Hall–Kier alpha value is -0.430. The lowest BCUT2D eigenvalue weighted by molar-refractivity contribution is 0.314. The van der Waals surface area contributed by atoms with Crippen LogP contribution >= 0.6 is 22.6 Å². The van der Waals surface area contributed by atoms with E-state index >= 15 is 0 Å². The molecule has 0 saturated carbocycles. The minimum absolute atomic E-state index is 0.663. The number of aromatic nitrogens is 2. The van der Waals surface area contributed by atoms with Crippen LogP contribution < -0.4 is 4.90 Å². The zero-order valence-electron chi connectivity index (χ0n) is 9.73. The molecular formula is C11H17IN4.